The molecule has 0 aliphatic rings. The molecule has 0 aromatic heterocycles. The maximum atomic E-state index is 9.86. The van der Waals surface area contributed by atoms with Crippen molar-refractivity contribution in [2.75, 3.05) is 0 Å². The van der Waals surface area contributed by atoms with Crippen molar-refractivity contribution >= 4 is 18.2 Å². The lowest BCUT2D eigenvalue weighted by Crippen LogP contribution is -2.10. The molecule has 3 nitrogen and oxygen atoms in total. The summed E-state index contributed by atoms with van der Waals surface area (Å²) in [6, 6.07) is 9.47. The largest absolute Gasteiger partial charge is 0.355 e. The zero-order valence-corrected chi connectivity index (χ0v) is 7.07. The molecule has 0 fully saturated rings. The average Bonchev–Trinajstić information content (AvgIpc) is 2.06. The Morgan fingerprint density at radius 1 is 1.42 bits per heavy atom. The van der Waals surface area contributed by atoms with Crippen molar-refractivity contribution in [2.24, 2.45) is 0 Å². The number of nitrogens with zero attached hydrogens (tertiary/aromatic N) is 1. The van der Waals surface area contributed by atoms with Gasteiger partial charge in [-0.3, -0.25) is 4.79 Å². The summed E-state index contributed by atoms with van der Waals surface area (Å²) in [5.74, 6) is 0. The van der Waals surface area contributed by atoms with Crippen LogP contribution in [0.1, 0.15) is 5.56 Å². The van der Waals surface area contributed by atoms with Crippen LogP contribution in [0.3, 0.4) is 0 Å². The van der Waals surface area contributed by atoms with Gasteiger partial charge in [0.2, 0.25) is 0 Å². The van der Waals surface area contributed by atoms with Gasteiger partial charge in [0.15, 0.2) is 0 Å². The molecule has 0 atom stereocenters. The molecule has 1 rings (SSSR count). The number of benzene rings is 1. The highest BCUT2D eigenvalue weighted by molar-refractivity contribution is 6.12. The van der Waals surface area contributed by atoms with Gasteiger partial charge < -0.3 is 4.84 Å². The van der Waals surface area contributed by atoms with Gasteiger partial charge in [-0.2, -0.15) is 0 Å². The van der Waals surface area contributed by atoms with Crippen LogP contribution in [0.15, 0.2) is 30.3 Å². The Morgan fingerprint density at radius 3 is 2.67 bits per heavy atom. The van der Waals surface area contributed by atoms with Crippen molar-refractivity contribution < 1.29 is 9.63 Å². The highest BCUT2D eigenvalue weighted by atomic mass is 35.5. The highest BCUT2D eigenvalue weighted by Gasteiger charge is 2.00. The van der Waals surface area contributed by atoms with Gasteiger partial charge in [-0.15, -0.1) is 0 Å². The van der Waals surface area contributed by atoms with Gasteiger partial charge in [0, 0.05) is 11.8 Å². The van der Waals surface area contributed by atoms with Gasteiger partial charge in [-0.05, 0) is 10.1 Å². The molecule has 0 saturated carbocycles. The van der Waals surface area contributed by atoms with Gasteiger partial charge >= 0.3 is 6.47 Å². The second-order valence-corrected chi connectivity index (χ2v) is 2.54. The summed E-state index contributed by atoms with van der Waals surface area (Å²) in [5.41, 5.74) is 0.981. The van der Waals surface area contributed by atoms with Crippen LogP contribution in [0.2, 0.25) is 0 Å². The smallest absolute Gasteiger partial charge is 0.314 e. The van der Waals surface area contributed by atoms with Gasteiger partial charge in [0.05, 0.1) is 6.54 Å². The number of hydroxylamine groups is 1. The molecule has 64 valence electrons. The summed E-state index contributed by atoms with van der Waals surface area (Å²) in [4.78, 5) is 14.2. The van der Waals surface area contributed by atoms with E-state index in [2.05, 4.69) is 4.84 Å². The molecule has 0 bridgehead atoms. The van der Waals surface area contributed by atoms with Crippen LogP contribution in [0.4, 0.5) is 0 Å². The van der Waals surface area contributed by atoms with E-state index in [1.165, 1.54) is 0 Å². The van der Waals surface area contributed by atoms with E-state index < -0.39 is 0 Å². The molecule has 1 aromatic rings. The van der Waals surface area contributed by atoms with E-state index in [4.69, 9.17) is 11.8 Å². The van der Waals surface area contributed by atoms with Crippen molar-refractivity contribution in [3.05, 3.63) is 35.9 Å². The molecule has 1 aromatic carbocycles. The number of carbonyl (C=O) groups is 1. The lowest BCUT2D eigenvalue weighted by Gasteiger charge is -2.08. The van der Waals surface area contributed by atoms with Gasteiger partial charge in [0.25, 0.3) is 0 Å². The maximum Gasteiger partial charge on any atom is 0.314 e. The summed E-state index contributed by atoms with van der Waals surface area (Å²) in [7, 11) is 0. The van der Waals surface area contributed by atoms with E-state index in [9.17, 15) is 4.79 Å². The summed E-state index contributed by atoms with van der Waals surface area (Å²) >= 11 is 5.50. The zero-order valence-electron chi connectivity index (χ0n) is 6.31. The summed E-state index contributed by atoms with van der Waals surface area (Å²) < 4.78 is 0.947. The minimum atomic E-state index is 0.288. The minimum absolute atomic E-state index is 0.288. The first-order valence-corrected chi connectivity index (χ1v) is 3.74. The number of rotatable bonds is 4. The van der Waals surface area contributed by atoms with Gasteiger partial charge in [0.1, 0.15) is 0 Å². The SMILES string of the molecule is O=CON(Cl)Cc1ccccc1. The maximum absolute atomic E-state index is 9.86. The molecular weight excluding hydrogens is 178 g/mol. The Bertz CT molecular complexity index is 240. The first kappa shape index (κ1) is 9.03. The van der Waals surface area contributed by atoms with Crippen molar-refractivity contribution in [3.8, 4) is 0 Å². The molecule has 12 heavy (non-hydrogen) atoms. The van der Waals surface area contributed by atoms with Crippen molar-refractivity contribution in [1.29, 1.82) is 0 Å². The molecule has 0 radical (unpaired) electrons. The fourth-order valence-electron chi connectivity index (χ4n) is 0.811. The van der Waals surface area contributed by atoms with Crippen molar-refractivity contribution in [2.45, 2.75) is 6.54 Å². The average molecular weight is 186 g/mol. The third kappa shape index (κ3) is 2.90. The van der Waals surface area contributed by atoms with Crippen LogP contribution in [-0.2, 0) is 16.2 Å². The quantitative estimate of drug-likeness (QED) is 0.407. The van der Waals surface area contributed by atoms with Gasteiger partial charge in [-0.25, -0.2) is 0 Å². The zero-order chi connectivity index (χ0) is 8.81. The van der Waals surface area contributed by atoms with Crippen LogP contribution >= 0.6 is 11.8 Å². The Balaban J connectivity index is 2.46. The van der Waals surface area contributed by atoms with E-state index in [0.29, 0.717) is 6.54 Å². The van der Waals surface area contributed by atoms with E-state index in [-0.39, 0.29) is 6.47 Å². The van der Waals surface area contributed by atoms with Crippen LogP contribution in [0, 0.1) is 0 Å². The molecular formula is C8H8ClNO2. The fourth-order valence-corrected chi connectivity index (χ4v) is 0.981. The first-order valence-electron chi connectivity index (χ1n) is 3.40. The summed E-state index contributed by atoms with van der Waals surface area (Å²) in [6.45, 7) is 0.664. The fraction of sp³-hybridized carbons (Fsp3) is 0.125. The Labute approximate surface area is 75.6 Å². The molecule has 0 aliphatic heterocycles. The number of hydrogen-bond acceptors (Lipinski definition) is 3. The molecule has 0 saturated heterocycles. The molecule has 0 amide bonds. The van der Waals surface area contributed by atoms with E-state index >= 15 is 0 Å². The van der Waals surface area contributed by atoms with E-state index in [1.54, 1.807) is 0 Å². The molecule has 0 unspecified atom stereocenters. The topological polar surface area (TPSA) is 29.5 Å². The monoisotopic (exact) mass is 185 g/mol. The first-order chi connectivity index (χ1) is 5.83. The lowest BCUT2D eigenvalue weighted by molar-refractivity contribution is -0.153. The second-order valence-electron chi connectivity index (χ2n) is 2.16. The van der Waals surface area contributed by atoms with Crippen LogP contribution in [0.25, 0.3) is 0 Å². The van der Waals surface area contributed by atoms with Crippen LogP contribution < -0.4 is 0 Å². The third-order valence-electron chi connectivity index (χ3n) is 1.31. The Kier molecular flexibility index (Phi) is 3.57. The molecule has 0 aliphatic carbocycles. The normalized spacial score (nSPS) is 9.83. The minimum Gasteiger partial charge on any atom is -0.355 e. The predicted octanol–water partition coefficient (Wildman–Crippen LogP) is 1.73. The highest BCUT2D eigenvalue weighted by Crippen LogP contribution is 2.05. The summed E-state index contributed by atoms with van der Waals surface area (Å²) in [5, 5.41) is 0. The number of carbonyl (C=O) groups excluding carboxylic acids is 1. The Morgan fingerprint density at radius 2 is 2.08 bits per heavy atom. The lowest BCUT2D eigenvalue weighted by atomic mass is 10.2. The van der Waals surface area contributed by atoms with Crippen molar-refractivity contribution in [3.63, 3.8) is 0 Å². The van der Waals surface area contributed by atoms with Gasteiger partial charge in [-0.1, -0.05) is 30.3 Å². The molecule has 0 heterocycles. The molecule has 0 N–H and O–H groups in total. The predicted molar refractivity (Wildman–Crippen MR) is 45.0 cm³/mol. The standard InChI is InChI=1S/C8H8ClNO2/c9-10(12-7-11)6-8-4-2-1-3-5-8/h1-5,7H,6H2. The van der Waals surface area contributed by atoms with E-state index in [0.717, 1.165) is 10.1 Å². The van der Waals surface area contributed by atoms with Crippen LogP contribution in [0.5, 0.6) is 0 Å². The van der Waals surface area contributed by atoms with E-state index in [1.807, 2.05) is 30.3 Å². The number of halogens is 1. The van der Waals surface area contributed by atoms with Crippen molar-refractivity contribution in [1.82, 2.24) is 4.58 Å². The third-order valence-corrected chi connectivity index (χ3v) is 1.51. The summed E-state index contributed by atoms with van der Waals surface area (Å²) in [6.07, 6.45) is 0. The number of hydrogen-bond donors (Lipinski definition) is 0. The van der Waals surface area contributed by atoms with Crippen LogP contribution in [-0.4, -0.2) is 11.1 Å². The second kappa shape index (κ2) is 4.74. The molecule has 0 spiro atoms. The Hall–Kier alpha value is -1.06. The molecule has 4 heteroatoms.